The van der Waals surface area contributed by atoms with E-state index in [2.05, 4.69) is 0 Å². The van der Waals surface area contributed by atoms with Crippen molar-refractivity contribution in [3.05, 3.63) is 35.9 Å². The molecular weight excluding hydrogens is 236 g/mol. The summed E-state index contributed by atoms with van der Waals surface area (Å²) in [5.74, 6) is 0. The second kappa shape index (κ2) is 5.77. The number of ether oxygens (including phenoxy) is 2. The number of aliphatic hydroxyl groups is 3. The molecule has 3 N–H and O–H groups in total. The van der Waals surface area contributed by atoms with Crippen LogP contribution in [-0.4, -0.2) is 46.0 Å². The van der Waals surface area contributed by atoms with Crippen LogP contribution >= 0.6 is 0 Å². The molecule has 5 heteroatoms. The van der Waals surface area contributed by atoms with E-state index in [1.165, 1.54) is 0 Å². The van der Waals surface area contributed by atoms with Crippen molar-refractivity contribution in [2.24, 2.45) is 0 Å². The maximum absolute atomic E-state index is 9.74. The number of aliphatic hydroxyl groups excluding tert-OH is 3. The zero-order valence-corrected chi connectivity index (χ0v) is 10.1. The molecule has 5 atom stereocenters. The molecule has 1 fully saturated rings. The third-order valence-electron chi connectivity index (χ3n) is 3.07. The van der Waals surface area contributed by atoms with Crippen LogP contribution in [0.25, 0.3) is 0 Å². The van der Waals surface area contributed by atoms with Crippen molar-refractivity contribution in [1.82, 2.24) is 0 Å². The Morgan fingerprint density at radius 3 is 2.39 bits per heavy atom. The smallest absolute Gasteiger partial charge is 0.186 e. The summed E-state index contributed by atoms with van der Waals surface area (Å²) in [6.07, 6.45) is -5.12. The normalized spacial score (nSPS) is 36.6. The quantitative estimate of drug-likeness (QED) is 0.709. The van der Waals surface area contributed by atoms with Gasteiger partial charge in [-0.15, -0.1) is 0 Å². The van der Waals surface area contributed by atoms with Crippen LogP contribution in [0.3, 0.4) is 0 Å². The van der Waals surface area contributed by atoms with E-state index >= 15 is 0 Å². The monoisotopic (exact) mass is 254 g/mol. The molecule has 2 rings (SSSR count). The molecule has 100 valence electrons. The van der Waals surface area contributed by atoms with Gasteiger partial charge in [-0.3, -0.25) is 0 Å². The van der Waals surface area contributed by atoms with Gasteiger partial charge >= 0.3 is 0 Å². The lowest BCUT2D eigenvalue weighted by atomic mass is 10.00. The average Bonchev–Trinajstić information content (AvgIpc) is 2.40. The van der Waals surface area contributed by atoms with Crippen LogP contribution in [0, 0.1) is 0 Å². The lowest BCUT2D eigenvalue weighted by Crippen LogP contribution is -2.57. The molecule has 1 saturated heterocycles. The zero-order valence-electron chi connectivity index (χ0n) is 10.1. The lowest BCUT2D eigenvalue weighted by Gasteiger charge is -2.38. The fourth-order valence-corrected chi connectivity index (χ4v) is 1.90. The molecule has 0 bridgehead atoms. The molecule has 0 radical (unpaired) electrons. The Balaban J connectivity index is 1.93. The standard InChI is InChI=1S/C13H18O5/c1-8-10(14)11(15)12(16)13(18-8)17-7-9-5-3-2-4-6-9/h2-6,8,10-16H,7H2,1H3/t8-,10-,11-,12+,13+/m0/s1. The van der Waals surface area contributed by atoms with Crippen LogP contribution in [-0.2, 0) is 16.1 Å². The van der Waals surface area contributed by atoms with Crippen LogP contribution in [0.5, 0.6) is 0 Å². The third-order valence-corrected chi connectivity index (χ3v) is 3.07. The first kappa shape index (κ1) is 13.5. The minimum atomic E-state index is -1.26. The Morgan fingerprint density at radius 1 is 1.06 bits per heavy atom. The first-order valence-electron chi connectivity index (χ1n) is 5.95. The summed E-state index contributed by atoms with van der Waals surface area (Å²) in [5.41, 5.74) is 0.946. The van der Waals surface area contributed by atoms with Crippen molar-refractivity contribution >= 4 is 0 Å². The minimum absolute atomic E-state index is 0.276. The summed E-state index contributed by atoms with van der Waals surface area (Å²) in [7, 11) is 0. The van der Waals surface area contributed by atoms with Crippen molar-refractivity contribution in [2.75, 3.05) is 0 Å². The molecule has 1 aromatic carbocycles. The molecule has 0 unspecified atom stereocenters. The molecule has 0 saturated carbocycles. The second-order valence-corrected chi connectivity index (χ2v) is 4.48. The highest BCUT2D eigenvalue weighted by Gasteiger charge is 2.42. The van der Waals surface area contributed by atoms with Gasteiger partial charge in [-0.25, -0.2) is 0 Å². The predicted molar refractivity (Wildman–Crippen MR) is 63.6 cm³/mol. The van der Waals surface area contributed by atoms with E-state index in [4.69, 9.17) is 9.47 Å². The Hall–Kier alpha value is -0.980. The highest BCUT2D eigenvalue weighted by atomic mass is 16.7. The summed E-state index contributed by atoms with van der Waals surface area (Å²) in [4.78, 5) is 0. The molecule has 1 aliphatic rings. The molecule has 0 aliphatic carbocycles. The largest absolute Gasteiger partial charge is 0.388 e. The molecule has 1 aromatic rings. The van der Waals surface area contributed by atoms with Crippen LogP contribution in [0.15, 0.2) is 30.3 Å². The van der Waals surface area contributed by atoms with Crippen molar-refractivity contribution in [3.8, 4) is 0 Å². The Labute approximate surface area is 106 Å². The van der Waals surface area contributed by atoms with Gasteiger partial charge in [0.1, 0.15) is 18.3 Å². The van der Waals surface area contributed by atoms with Gasteiger partial charge in [-0.05, 0) is 12.5 Å². The van der Waals surface area contributed by atoms with E-state index in [1.54, 1.807) is 6.92 Å². The predicted octanol–water partition coefficient (Wildman–Crippen LogP) is 0.0307. The van der Waals surface area contributed by atoms with Gasteiger partial charge in [0.2, 0.25) is 0 Å². The highest BCUT2D eigenvalue weighted by Crippen LogP contribution is 2.22. The maximum atomic E-state index is 9.74. The first-order chi connectivity index (χ1) is 8.59. The Morgan fingerprint density at radius 2 is 1.72 bits per heavy atom. The van der Waals surface area contributed by atoms with Crippen molar-refractivity contribution < 1.29 is 24.8 Å². The van der Waals surface area contributed by atoms with Crippen molar-refractivity contribution in [3.63, 3.8) is 0 Å². The summed E-state index contributed by atoms with van der Waals surface area (Å²) >= 11 is 0. The van der Waals surface area contributed by atoms with Gasteiger partial charge < -0.3 is 24.8 Å². The van der Waals surface area contributed by atoms with E-state index < -0.39 is 30.7 Å². The van der Waals surface area contributed by atoms with E-state index in [0.717, 1.165) is 5.56 Å². The number of hydrogen-bond donors (Lipinski definition) is 3. The fourth-order valence-electron chi connectivity index (χ4n) is 1.90. The molecule has 5 nitrogen and oxygen atoms in total. The number of rotatable bonds is 3. The molecule has 1 aliphatic heterocycles. The van der Waals surface area contributed by atoms with Gasteiger partial charge in [-0.1, -0.05) is 30.3 Å². The van der Waals surface area contributed by atoms with Gasteiger partial charge in [0.15, 0.2) is 6.29 Å². The molecule has 18 heavy (non-hydrogen) atoms. The molecule has 1 heterocycles. The first-order valence-corrected chi connectivity index (χ1v) is 5.95. The van der Waals surface area contributed by atoms with Crippen LogP contribution in [0.1, 0.15) is 12.5 Å². The number of hydrogen-bond acceptors (Lipinski definition) is 5. The molecule has 0 spiro atoms. The highest BCUT2D eigenvalue weighted by molar-refractivity contribution is 5.13. The Kier molecular flexibility index (Phi) is 4.31. The summed E-state index contributed by atoms with van der Waals surface area (Å²) in [5, 5.41) is 28.9. The van der Waals surface area contributed by atoms with E-state index in [0.29, 0.717) is 0 Å². The Bertz CT molecular complexity index is 369. The summed E-state index contributed by atoms with van der Waals surface area (Å²) in [6.45, 7) is 1.90. The molecule has 0 aromatic heterocycles. The van der Waals surface area contributed by atoms with Crippen LogP contribution < -0.4 is 0 Å². The van der Waals surface area contributed by atoms with E-state index in [9.17, 15) is 15.3 Å². The maximum Gasteiger partial charge on any atom is 0.186 e. The van der Waals surface area contributed by atoms with Crippen LogP contribution in [0.4, 0.5) is 0 Å². The summed E-state index contributed by atoms with van der Waals surface area (Å²) in [6, 6.07) is 9.46. The molecule has 0 amide bonds. The summed E-state index contributed by atoms with van der Waals surface area (Å²) < 4.78 is 10.7. The van der Waals surface area contributed by atoms with Crippen molar-refractivity contribution in [1.29, 1.82) is 0 Å². The fraction of sp³-hybridized carbons (Fsp3) is 0.538. The second-order valence-electron chi connectivity index (χ2n) is 4.48. The van der Waals surface area contributed by atoms with Gasteiger partial charge in [0, 0.05) is 0 Å². The van der Waals surface area contributed by atoms with Gasteiger partial charge in [0.25, 0.3) is 0 Å². The average molecular weight is 254 g/mol. The lowest BCUT2D eigenvalue weighted by molar-refractivity contribution is -0.296. The number of benzene rings is 1. The third kappa shape index (κ3) is 2.88. The minimum Gasteiger partial charge on any atom is -0.388 e. The van der Waals surface area contributed by atoms with E-state index in [-0.39, 0.29) is 6.61 Å². The molecular formula is C13H18O5. The van der Waals surface area contributed by atoms with Crippen LogP contribution in [0.2, 0.25) is 0 Å². The van der Waals surface area contributed by atoms with Gasteiger partial charge in [-0.2, -0.15) is 0 Å². The topological polar surface area (TPSA) is 79.2 Å². The van der Waals surface area contributed by atoms with Crippen molar-refractivity contribution in [2.45, 2.75) is 44.2 Å². The zero-order chi connectivity index (χ0) is 13.1. The van der Waals surface area contributed by atoms with Gasteiger partial charge in [0.05, 0.1) is 12.7 Å². The van der Waals surface area contributed by atoms with E-state index in [1.807, 2.05) is 30.3 Å². The SMILES string of the molecule is C[C@@H]1O[C@@H](OCc2ccccc2)[C@H](O)[C@@H](O)[C@H]1O.